The molecule has 4 nitrogen and oxygen atoms in total. The van der Waals surface area contributed by atoms with Crippen molar-refractivity contribution in [2.24, 2.45) is 0 Å². The summed E-state index contributed by atoms with van der Waals surface area (Å²) < 4.78 is 2.73. The Kier molecular flexibility index (Phi) is 2.18. The van der Waals surface area contributed by atoms with Crippen molar-refractivity contribution in [2.45, 2.75) is 6.92 Å². The molecule has 0 atom stereocenters. The number of rotatable bonds is 2. The first-order valence-electron chi connectivity index (χ1n) is 4.05. The summed E-state index contributed by atoms with van der Waals surface area (Å²) in [6.45, 7) is 2.89. The van der Waals surface area contributed by atoms with Gasteiger partial charge in [0.25, 0.3) is 0 Å². The highest BCUT2D eigenvalue weighted by Crippen LogP contribution is 2.18. The number of hydrogen-bond donors (Lipinski definition) is 1. The third-order valence-corrected chi connectivity index (χ3v) is 2.35. The molecule has 0 unspecified atom stereocenters. The lowest BCUT2D eigenvalue weighted by molar-refractivity contribution is 0.884. The minimum atomic E-state index is 0.857. The fourth-order valence-electron chi connectivity index (χ4n) is 1.21. The van der Waals surface area contributed by atoms with Gasteiger partial charge in [0.1, 0.15) is 16.4 Å². The fraction of sp³-hybridized carbons (Fsp3) is 0.250. The van der Waals surface area contributed by atoms with Crippen LogP contribution in [0.3, 0.4) is 0 Å². The lowest BCUT2D eigenvalue weighted by Gasteiger charge is -2.03. The van der Waals surface area contributed by atoms with Crippen LogP contribution in [0.25, 0.3) is 5.52 Å². The quantitative estimate of drug-likeness (QED) is 0.873. The predicted molar refractivity (Wildman–Crippen MR) is 54.9 cm³/mol. The molecule has 0 aliphatic rings. The number of nitrogens with zero attached hydrogens (tertiary/aromatic N) is 3. The van der Waals surface area contributed by atoms with Gasteiger partial charge in [0.15, 0.2) is 5.82 Å². The summed E-state index contributed by atoms with van der Waals surface area (Å²) in [4.78, 5) is 4.15. The van der Waals surface area contributed by atoms with Crippen LogP contribution in [0.2, 0.25) is 0 Å². The van der Waals surface area contributed by atoms with Crippen molar-refractivity contribution in [2.75, 3.05) is 11.9 Å². The van der Waals surface area contributed by atoms with Gasteiger partial charge in [0.2, 0.25) is 0 Å². The van der Waals surface area contributed by atoms with Crippen LogP contribution in [0, 0.1) is 0 Å². The number of halogens is 1. The molecule has 13 heavy (non-hydrogen) atoms. The third kappa shape index (κ3) is 1.39. The Morgan fingerprint density at radius 3 is 3.15 bits per heavy atom. The second kappa shape index (κ2) is 3.33. The molecule has 0 aliphatic heterocycles. The zero-order chi connectivity index (χ0) is 9.26. The minimum absolute atomic E-state index is 0.857. The number of anilines is 1. The average molecular weight is 241 g/mol. The number of aromatic nitrogens is 3. The molecule has 2 aromatic heterocycles. The second-order valence-corrected chi connectivity index (χ2v) is 3.40. The molecule has 0 spiro atoms. The molecule has 0 bridgehead atoms. The Labute approximate surface area is 84.1 Å². The van der Waals surface area contributed by atoms with Crippen molar-refractivity contribution in [1.82, 2.24) is 14.6 Å². The molecule has 0 saturated carbocycles. The molecule has 0 radical (unpaired) electrons. The van der Waals surface area contributed by atoms with E-state index >= 15 is 0 Å². The normalized spacial score (nSPS) is 10.6. The van der Waals surface area contributed by atoms with Gasteiger partial charge in [-0.2, -0.15) is 5.10 Å². The SMILES string of the molecule is CCNc1ncnn2c(Br)ccc12. The summed E-state index contributed by atoms with van der Waals surface area (Å²) in [6.07, 6.45) is 1.54. The first kappa shape index (κ1) is 8.50. The van der Waals surface area contributed by atoms with Gasteiger partial charge in [0.05, 0.1) is 0 Å². The van der Waals surface area contributed by atoms with Crippen LogP contribution in [0.15, 0.2) is 23.1 Å². The summed E-state index contributed by atoms with van der Waals surface area (Å²) in [5.41, 5.74) is 0.983. The Hall–Kier alpha value is -1.10. The number of nitrogens with one attached hydrogen (secondary N) is 1. The molecule has 0 fully saturated rings. The van der Waals surface area contributed by atoms with E-state index in [1.54, 1.807) is 4.52 Å². The van der Waals surface area contributed by atoms with Crippen molar-refractivity contribution < 1.29 is 0 Å². The summed E-state index contributed by atoms with van der Waals surface area (Å²) in [5.74, 6) is 0.864. The Bertz CT molecular complexity index is 423. The number of hydrogen-bond acceptors (Lipinski definition) is 3. The van der Waals surface area contributed by atoms with Crippen LogP contribution in [0.4, 0.5) is 5.82 Å². The van der Waals surface area contributed by atoms with E-state index in [9.17, 15) is 0 Å². The summed E-state index contributed by atoms with van der Waals surface area (Å²) >= 11 is 3.40. The van der Waals surface area contributed by atoms with Crippen molar-refractivity contribution in [1.29, 1.82) is 0 Å². The highest BCUT2D eigenvalue weighted by molar-refractivity contribution is 9.10. The third-order valence-electron chi connectivity index (χ3n) is 1.75. The molecule has 2 heterocycles. The number of fused-ring (bicyclic) bond motifs is 1. The Balaban J connectivity index is 2.63. The zero-order valence-corrected chi connectivity index (χ0v) is 8.74. The summed E-state index contributed by atoms with van der Waals surface area (Å²) in [7, 11) is 0. The predicted octanol–water partition coefficient (Wildman–Crippen LogP) is 1.92. The second-order valence-electron chi connectivity index (χ2n) is 2.59. The molecule has 0 saturated heterocycles. The molecular formula is C8H9BrN4. The van der Waals surface area contributed by atoms with Crippen molar-refractivity contribution in [3.05, 3.63) is 23.1 Å². The van der Waals surface area contributed by atoms with Crippen LogP contribution in [-0.2, 0) is 0 Å². The summed E-state index contributed by atoms with van der Waals surface area (Å²) in [6, 6.07) is 3.92. The first-order chi connectivity index (χ1) is 6.33. The highest BCUT2D eigenvalue weighted by atomic mass is 79.9. The van der Waals surface area contributed by atoms with Gasteiger partial charge in [-0.05, 0) is 35.0 Å². The molecule has 0 aliphatic carbocycles. The molecule has 2 rings (SSSR count). The maximum absolute atomic E-state index is 4.15. The molecule has 2 aromatic rings. The van der Waals surface area contributed by atoms with E-state index in [1.807, 2.05) is 19.1 Å². The van der Waals surface area contributed by atoms with Gasteiger partial charge in [-0.1, -0.05) is 0 Å². The molecular weight excluding hydrogens is 232 g/mol. The maximum Gasteiger partial charge on any atom is 0.153 e. The van der Waals surface area contributed by atoms with Crippen molar-refractivity contribution in [3.8, 4) is 0 Å². The van der Waals surface area contributed by atoms with Gasteiger partial charge >= 0.3 is 0 Å². The van der Waals surface area contributed by atoms with E-state index in [2.05, 4.69) is 31.3 Å². The van der Waals surface area contributed by atoms with E-state index in [1.165, 1.54) is 6.33 Å². The van der Waals surface area contributed by atoms with Gasteiger partial charge in [-0.25, -0.2) is 9.50 Å². The van der Waals surface area contributed by atoms with Crippen LogP contribution in [0.1, 0.15) is 6.92 Å². The Morgan fingerprint density at radius 1 is 1.54 bits per heavy atom. The fourth-order valence-corrected chi connectivity index (χ4v) is 1.62. The zero-order valence-electron chi connectivity index (χ0n) is 7.16. The van der Waals surface area contributed by atoms with Gasteiger partial charge in [-0.15, -0.1) is 0 Å². The molecule has 68 valence electrons. The summed E-state index contributed by atoms with van der Waals surface area (Å²) in [5, 5.41) is 7.27. The van der Waals surface area contributed by atoms with Gasteiger partial charge in [0, 0.05) is 6.54 Å². The lowest BCUT2D eigenvalue weighted by atomic mass is 10.5. The van der Waals surface area contributed by atoms with E-state index < -0.39 is 0 Å². The van der Waals surface area contributed by atoms with Crippen LogP contribution < -0.4 is 5.32 Å². The minimum Gasteiger partial charge on any atom is -0.369 e. The smallest absolute Gasteiger partial charge is 0.153 e. The van der Waals surface area contributed by atoms with E-state index in [0.29, 0.717) is 0 Å². The van der Waals surface area contributed by atoms with E-state index in [-0.39, 0.29) is 0 Å². The van der Waals surface area contributed by atoms with Crippen molar-refractivity contribution >= 4 is 27.3 Å². The largest absolute Gasteiger partial charge is 0.369 e. The standard InChI is InChI=1S/C8H9BrN4/c1-2-10-8-6-3-4-7(9)13(6)12-5-11-8/h3-5H,2H2,1H3,(H,10,11,12). The van der Waals surface area contributed by atoms with E-state index in [4.69, 9.17) is 0 Å². The van der Waals surface area contributed by atoms with Crippen LogP contribution in [-0.4, -0.2) is 21.1 Å². The topological polar surface area (TPSA) is 42.2 Å². The average Bonchev–Trinajstić information content (AvgIpc) is 2.50. The highest BCUT2D eigenvalue weighted by Gasteiger charge is 2.04. The Morgan fingerprint density at radius 2 is 2.38 bits per heavy atom. The van der Waals surface area contributed by atoms with Crippen molar-refractivity contribution in [3.63, 3.8) is 0 Å². The molecule has 0 amide bonds. The maximum atomic E-state index is 4.15. The van der Waals surface area contributed by atoms with Gasteiger partial charge < -0.3 is 5.32 Å². The molecule has 5 heteroatoms. The van der Waals surface area contributed by atoms with Crippen LogP contribution in [0.5, 0.6) is 0 Å². The molecule has 1 N–H and O–H groups in total. The monoisotopic (exact) mass is 240 g/mol. The lowest BCUT2D eigenvalue weighted by Crippen LogP contribution is -2.03. The molecule has 0 aromatic carbocycles. The van der Waals surface area contributed by atoms with E-state index in [0.717, 1.165) is 22.5 Å². The first-order valence-corrected chi connectivity index (χ1v) is 4.84. The van der Waals surface area contributed by atoms with Gasteiger partial charge in [-0.3, -0.25) is 0 Å². The van der Waals surface area contributed by atoms with Crippen LogP contribution >= 0.6 is 15.9 Å².